The third-order valence-corrected chi connectivity index (χ3v) is 9.57. The largest absolute Gasteiger partial charge is 0.480 e. The SMILES string of the molecule is CSc1ncc(C#CCCCC(=O)NCCOCCOCCOCCOCCOCCOCCOCCOCCOCC(=O)N[C@H](C(=O)N[C@@H](CCCCNC(=O)OC(C)(C)C)C(=O)O)C(C)C)cn1. The zero-order valence-electron chi connectivity index (χ0n) is 42.1. The summed E-state index contributed by atoms with van der Waals surface area (Å²) in [6, 6.07) is -2.12. The average Bonchev–Trinajstić information content (AvgIpc) is 3.31. The van der Waals surface area contributed by atoms with Gasteiger partial charge in [0.25, 0.3) is 0 Å². The third kappa shape index (κ3) is 38.5. The van der Waals surface area contributed by atoms with Gasteiger partial charge in [-0.25, -0.2) is 19.6 Å². The number of carbonyl (C=O) groups is 5. The maximum Gasteiger partial charge on any atom is 0.407 e. The molecule has 0 radical (unpaired) electrons. The number of hydrogen-bond donors (Lipinski definition) is 5. The molecule has 4 amide bonds. The Morgan fingerprint density at radius 2 is 1.13 bits per heavy atom. The van der Waals surface area contributed by atoms with Crippen LogP contribution in [0.15, 0.2) is 17.6 Å². The number of rotatable bonds is 43. The van der Waals surface area contributed by atoms with Gasteiger partial charge in [-0.15, -0.1) is 0 Å². The lowest BCUT2D eigenvalue weighted by Crippen LogP contribution is -2.54. The van der Waals surface area contributed by atoms with Crippen molar-refractivity contribution in [1.29, 1.82) is 0 Å². The minimum Gasteiger partial charge on any atom is -0.480 e. The van der Waals surface area contributed by atoms with Gasteiger partial charge in [0.05, 0.1) is 118 Å². The number of aromatic nitrogens is 2. The van der Waals surface area contributed by atoms with Gasteiger partial charge in [-0.3, -0.25) is 14.4 Å². The molecule has 2 atom stereocenters. The topological polar surface area (TPSA) is 272 Å². The molecule has 23 heteroatoms. The highest BCUT2D eigenvalue weighted by atomic mass is 32.2. The summed E-state index contributed by atoms with van der Waals surface area (Å²) >= 11 is 1.48. The third-order valence-electron chi connectivity index (χ3n) is 8.99. The predicted molar refractivity (Wildman–Crippen MR) is 259 cm³/mol. The number of unbranched alkanes of at least 4 members (excludes halogenated alkanes) is 2. The number of alkyl carbamates (subject to hydrolysis) is 1. The van der Waals surface area contributed by atoms with Crippen molar-refractivity contribution in [1.82, 2.24) is 31.2 Å². The van der Waals surface area contributed by atoms with Crippen LogP contribution in [0.3, 0.4) is 0 Å². The average molecular weight is 1020 g/mol. The van der Waals surface area contributed by atoms with Crippen LogP contribution in [0.2, 0.25) is 0 Å². The van der Waals surface area contributed by atoms with Gasteiger partial charge in [-0.1, -0.05) is 37.5 Å². The van der Waals surface area contributed by atoms with E-state index < -0.39 is 41.6 Å². The van der Waals surface area contributed by atoms with Crippen LogP contribution >= 0.6 is 11.8 Å². The number of carboxylic acids is 1. The van der Waals surface area contributed by atoms with Gasteiger partial charge in [-0.05, 0) is 58.6 Å². The Labute approximate surface area is 418 Å². The molecule has 0 aliphatic rings. The van der Waals surface area contributed by atoms with Crippen molar-refractivity contribution in [3.05, 3.63) is 18.0 Å². The van der Waals surface area contributed by atoms with Gasteiger partial charge in [0.2, 0.25) is 17.7 Å². The van der Waals surface area contributed by atoms with Crippen molar-refractivity contribution in [2.45, 2.75) is 96.0 Å². The smallest absolute Gasteiger partial charge is 0.407 e. The van der Waals surface area contributed by atoms with Crippen molar-refractivity contribution in [2.75, 3.05) is 138 Å². The number of carboxylic acid groups (broad SMARTS) is 1. The number of nitrogens with zero attached hydrogens (tertiary/aromatic N) is 2. The molecule has 400 valence electrons. The number of ether oxygens (including phenoxy) is 10. The van der Waals surface area contributed by atoms with Crippen molar-refractivity contribution in [2.24, 2.45) is 5.92 Å². The Morgan fingerprint density at radius 1 is 0.643 bits per heavy atom. The lowest BCUT2D eigenvalue weighted by atomic mass is 10.0. The number of amides is 4. The fraction of sp³-hybridized carbons (Fsp3) is 0.766. The highest BCUT2D eigenvalue weighted by molar-refractivity contribution is 7.98. The van der Waals surface area contributed by atoms with Crippen LogP contribution in [-0.4, -0.2) is 201 Å². The van der Waals surface area contributed by atoms with E-state index in [1.807, 2.05) is 6.26 Å². The van der Waals surface area contributed by atoms with Crippen LogP contribution in [0.25, 0.3) is 0 Å². The zero-order chi connectivity index (χ0) is 51.5. The first-order chi connectivity index (χ1) is 33.7. The Hall–Kier alpha value is -4.22. The fourth-order valence-corrected chi connectivity index (χ4v) is 5.83. The molecular formula is C47H80N6O16S. The Bertz CT molecular complexity index is 1610. The van der Waals surface area contributed by atoms with Gasteiger partial charge >= 0.3 is 12.1 Å². The summed E-state index contributed by atoms with van der Waals surface area (Å²) in [5.41, 5.74) is 0.135. The van der Waals surface area contributed by atoms with E-state index in [0.29, 0.717) is 149 Å². The van der Waals surface area contributed by atoms with E-state index in [1.54, 1.807) is 47.0 Å². The number of aliphatic carboxylic acids is 1. The molecule has 70 heavy (non-hydrogen) atoms. The molecule has 0 bridgehead atoms. The molecule has 1 heterocycles. The van der Waals surface area contributed by atoms with Crippen LogP contribution in [0.1, 0.15) is 78.7 Å². The molecule has 22 nitrogen and oxygen atoms in total. The summed E-state index contributed by atoms with van der Waals surface area (Å²) < 4.78 is 54.4. The second-order valence-corrected chi connectivity index (χ2v) is 17.3. The van der Waals surface area contributed by atoms with E-state index in [9.17, 15) is 29.1 Å². The minimum atomic E-state index is -1.20. The lowest BCUT2D eigenvalue weighted by Gasteiger charge is -2.24. The van der Waals surface area contributed by atoms with Gasteiger partial charge in [0.15, 0.2) is 5.16 Å². The highest BCUT2D eigenvalue weighted by Crippen LogP contribution is 2.09. The minimum absolute atomic E-state index is 0.0282. The summed E-state index contributed by atoms with van der Waals surface area (Å²) in [5.74, 6) is 3.37. The van der Waals surface area contributed by atoms with Crippen LogP contribution < -0.4 is 21.3 Å². The molecule has 0 fully saturated rings. The molecule has 0 saturated carbocycles. The zero-order valence-corrected chi connectivity index (χ0v) is 43.0. The molecule has 0 aliphatic heterocycles. The monoisotopic (exact) mass is 1020 g/mol. The Kier molecular flexibility index (Phi) is 38.7. The molecule has 0 saturated heterocycles. The summed E-state index contributed by atoms with van der Waals surface area (Å²) in [7, 11) is 0. The second-order valence-electron chi connectivity index (χ2n) is 16.5. The normalized spacial score (nSPS) is 12.2. The fourth-order valence-electron chi connectivity index (χ4n) is 5.51. The molecule has 1 rings (SSSR count). The van der Waals surface area contributed by atoms with E-state index in [1.165, 1.54) is 11.8 Å². The van der Waals surface area contributed by atoms with E-state index in [2.05, 4.69) is 43.1 Å². The van der Waals surface area contributed by atoms with Crippen molar-refractivity contribution < 1.29 is 76.4 Å². The van der Waals surface area contributed by atoms with Gasteiger partial charge in [-0.2, -0.15) is 0 Å². The summed E-state index contributed by atoms with van der Waals surface area (Å²) in [6.07, 6.45) is 7.50. The van der Waals surface area contributed by atoms with Crippen molar-refractivity contribution >= 4 is 41.5 Å². The lowest BCUT2D eigenvalue weighted by molar-refractivity contribution is -0.142. The standard InChI is InChI=1S/C47H80N6O16S/c1-37(2)42(43(56)52-39(44(57)58)13-10-11-15-49-46(59)69-47(3,4)5)53-41(55)36-68-33-32-67-31-30-66-29-28-65-27-26-64-25-24-63-23-22-62-21-20-61-19-18-60-17-16-48-40(54)14-9-7-8-12-38-34-50-45(70-6)51-35-38/h34-35,37,39,42H,7,9-11,13-33,36H2,1-6H3,(H,48,54)(H,49,59)(H,52,56)(H,53,55)(H,57,58)/t39-,42-/m0/s1. The van der Waals surface area contributed by atoms with Crippen molar-refractivity contribution in [3.63, 3.8) is 0 Å². The quantitative estimate of drug-likeness (QED) is 0.0272. The molecule has 5 N–H and O–H groups in total. The van der Waals surface area contributed by atoms with E-state index in [-0.39, 0.29) is 38.1 Å². The summed E-state index contributed by atoms with van der Waals surface area (Å²) in [5, 5.41) is 20.9. The number of carbonyl (C=O) groups excluding carboxylic acids is 4. The first-order valence-corrected chi connectivity index (χ1v) is 25.0. The molecule has 0 aromatic carbocycles. The van der Waals surface area contributed by atoms with Crippen LogP contribution in [-0.2, 0) is 66.5 Å². The van der Waals surface area contributed by atoms with Gasteiger partial charge in [0, 0.05) is 38.3 Å². The highest BCUT2D eigenvalue weighted by Gasteiger charge is 2.28. The maximum absolute atomic E-state index is 12.9. The van der Waals surface area contributed by atoms with Crippen molar-refractivity contribution in [3.8, 4) is 11.8 Å². The number of thioether (sulfide) groups is 1. The molecule has 1 aromatic rings. The molecule has 0 aliphatic carbocycles. The molecule has 1 aromatic heterocycles. The maximum atomic E-state index is 12.9. The first kappa shape index (κ1) is 63.8. The molecular weight excluding hydrogens is 937 g/mol. The van der Waals surface area contributed by atoms with Crippen LogP contribution in [0.5, 0.6) is 0 Å². The molecule has 0 spiro atoms. The number of hydrogen-bond acceptors (Lipinski definition) is 18. The van der Waals surface area contributed by atoms with E-state index in [0.717, 1.165) is 5.56 Å². The van der Waals surface area contributed by atoms with E-state index >= 15 is 0 Å². The van der Waals surface area contributed by atoms with Gasteiger partial charge < -0.3 is 73.7 Å². The predicted octanol–water partition coefficient (Wildman–Crippen LogP) is 2.39. The molecule has 0 unspecified atom stereocenters. The summed E-state index contributed by atoms with van der Waals surface area (Å²) in [6.45, 7) is 15.8. The van der Waals surface area contributed by atoms with E-state index in [4.69, 9.17) is 47.4 Å². The first-order valence-electron chi connectivity index (χ1n) is 23.8. The number of nitrogens with one attached hydrogen (secondary N) is 4. The van der Waals surface area contributed by atoms with Crippen LogP contribution in [0.4, 0.5) is 4.79 Å². The Morgan fingerprint density at radius 3 is 1.59 bits per heavy atom. The van der Waals surface area contributed by atoms with Crippen LogP contribution in [0, 0.1) is 17.8 Å². The summed E-state index contributed by atoms with van der Waals surface area (Å²) in [4.78, 5) is 69.3. The van der Waals surface area contributed by atoms with Gasteiger partial charge in [0.1, 0.15) is 24.3 Å². The Balaban J connectivity index is 1.87. The second kappa shape index (κ2) is 42.5.